The summed E-state index contributed by atoms with van der Waals surface area (Å²) in [5.74, 6) is -0.605. The molecule has 1 N–H and O–H groups in total. The van der Waals surface area contributed by atoms with Gasteiger partial charge < -0.3 is 14.7 Å². The first kappa shape index (κ1) is 11.8. The van der Waals surface area contributed by atoms with E-state index >= 15 is 0 Å². The fourth-order valence-corrected chi connectivity index (χ4v) is 1.51. The lowest BCUT2D eigenvalue weighted by molar-refractivity contribution is -0.159. The Morgan fingerprint density at radius 3 is 2.40 bits per heavy atom. The van der Waals surface area contributed by atoms with Crippen LogP contribution in [-0.2, 0) is 9.53 Å². The number of hydrogen-bond donors (Lipinski definition) is 1. The molecule has 1 heterocycles. The summed E-state index contributed by atoms with van der Waals surface area (Å²) < 4.78 is 5.19. The summed E-state index contributed by atoms with van der Waals surface area (Å²) >= 11 is 0. The van der Waals surface area contributed by atoms with Crippen molar-refractivity contribution in [3.8, 4) is 0 Å². The fraction of sp³-hybridized carbons (Fsp3) is 0.800. The van der Waals surface area contributed by atoms with E-state index in [0.717, 1.165) is 0 Å². The third-order valence-electron chi connectivity index (χ3n) is 2.20. The Morgan fingerprint density at radius 1 is 1.40 bits per heavy atom. The van der Waals surface area contributed by atoms with E-state index in [-0.39, 0.29) is 18.4 Å². The van der Waals surface area contributed by atoms with Crippen molar-refractivity contribution in [3.63, 3.8) is 0 Å². The first-order valence-electron chi connectivity index (χ1n) is 5.00. The molecule has 1 fully saturated rings. The lowest BCUT2D eigenvalue weighted by Gasteiger charge is -2.21. The van der Waals surface area contributed by atoms with Gasteiger partial charge in [0.05, 0.1) is 5.92 Å². The van der Waals surface area contributed by atoms with Gasteiger partial charge in [0.25, 0.3) is 0 Å². The molecule has 1 rings (SSSR count). The Balaban J connectivity index is 2.47. The van der Waals surface area contributed by atoms with Gasteiger partial charge in [-0.2, -0.15) is 0 Å². The maximum Gasteiger partial charge on any atom is 0.407 e. The molecular formula is C10H17NO4. The molecule has 1 amide bonds. The van der Waals surface area contributed by atoms with Crippen molar-refractivity contribution in [2.45, 2.75) is 32.8 Å². The molecule has 0 aromatic rings. The summed E-state index contributed by atoms with van der Waals surface area (Å²) in [4.78, 5) is 23.5. The molecule has 15 heavy (non-hydrogen) atoms. The van der Waals surface area contributed by atoms with Gasteiger partial charge in [-0.25, -0.2) is 4.79 Å². The van der Waals surface area contributed by atoms with Crippen LogP contribution in [0.5, 0.6) is 0 Å². The summed E-state index contributed by atoms with van der Waals surface area (Å²) in [6.07, 6.45) is -0.414. The Hall–Kier alpha value is -1.26. The molecule has 1 atom stereocenters. The quantitative estimate of drug-likeness (QED) is 0.670. The molecule has 86 valence electrons. The average Bonchev–Trinajstić information content (AvgIpc) is 2.47. The lowest BCUT2D eigenvalue weighted by Crippen LogP contribution is -2.32. The van der Waals surface area contributed by atoms with Crippen LogP contribution in [0.25, 0.3) is 0 Å². The predicted octanol–water partition coefficient (Wildman–Crippen LogP) is 1.33. The Bertz CT molecular complexity index is 269. The highest BCUT2D eigenvalue weighted by Gasteiger charge is 2.33. The molecule has 0 spiro atoms. The van der Waals surface area contributed by atoms with Crippen LogP contribution >= 0.6 is 0 Å². The Labute approximate surface area is 89.0 Å². The van der Waals surface area contributed by atoms with Crippen LogP contribution < -0.4 is 0 Å². The minimum Gasteiger partial charge on any atom is -0.465 e. The molecule has 1 aliphatic heterocycles. The SMILES string of the molecule is CC(C)(C)OC(=O)[C@H]1CCN(C(=O)O)C1. The van der Waals surface area contributed by atoms with Gasteiger partial charge >= 0.3 is 12.1 Å². The maximum absolute atomic E-state index is 11.6. The minimum atomic E-state index is -0.971. The number of hydrogen-bond acceptors (Lipinski definition) is 3. The number of carboxylic acid groups (broad SMARTS) is 1. The number of esters is 1. The zero-order chi connectivity index (χ0) is 11.6. The number of amides is 1. The van der Waals surface area contributed by atoms with Crippen LogP contribution in [0.3, 0.4) is 0 Å². The van der Waals surface area contributed by atoms with E-state index < -0.39 is 11.7 Å². The highest BCUT2D eigenvalue weighted by atomic mass is 16.6. The largest absolute Gasteiger partial charge is 0.465 e. The molecule has 1 saturated heterocycles. The van der Waals surface area contributed by atoms with E-state index in [2.05, 4.69) is 0 Å². The molecule has 1 aliphatic rings. The molecule has 0 aliphatic carbocycles. The molecule has 5 nitrogen and oxygen atoms in total. The standard InChI is InChI=1S/C10H17NO4/c1-10(2,3)15-8(12)7-4-5-11(6-7)9(13)14/h7H,4-6H2,1-3H3,(H,13,14)/t7-/m0/s1. The summed E-state index contributed by atoms with van der Waals surface area (Å²) in [5.41, 5.74) is -0.506. The van der Waals surface area contributed by atoms with Crippen molar-refractivity contribution in [1.29, 1.82) is 0 Å². The molecule has 0 saturated carbocycles. The zero-order valence-electron chi connectivity index (χ0n) is 9.32. The van der Waals surface area contributed by atoms with E-state index in [1.54, 1.807) is 20.8 Å². The fourth-order valence-electron chi connectivity index (χ4n) is 1.51. The topological polar surface area (TPSA) is 66.8 Å². The highest BCUT2D eigenvalue weighted by molar-refractivity contribution is 5.75. The highest BCUT2D eigenvalue weighted by Crippen LogP contribution is 2.20. The van der Waals surface area contributed by atoms with Crippen molar-refractivity contribution in [2.75, 3.05) is 13.1 Å². The third-order valence-corrected chi connectivity index (χ3v) is 2.20. The van der Waals surface area contributed by atoms with Crippen LogP contribution in [0, 0.1) is 5.92 Å². The first-order valence-corrected chi connectivity index (χ1v) is 5.00. The molecule has 0 aromatic carbocycles. The average molecular weight is 215 g/mol. The molecule has 5 heteroatoms. The number of likely N-dealkylation sites (tertiary alicyclic amines) is 1. The van der Waals surface area contributed by atoms with Gasteiger partial charge in [0, 0.05) is 13.1 Å². The molecule has 0 bridgehead atoms. The number of carbonyl (C=O) groups excluding carboxylic acids is 1. The molecule has 0 radical (unpaired) electrons. The lowest BCUT2D eigenvalue weighted by atomic mass is 10.1. The van der Waals surface area contributed by atoms with Crippen molar-refractivity contribution < 1.29 is 19.4 Å². The Morgan fingerprint density at radius 2 is 2.00 bits per heavy atom. The summed E-state index contributed by atoms with van der Waals surface area (Å²) in [6, 6.07) is 0. The third kappa shape index (κ3) is 3.42. The minimum absolute atomic E-state index is 0.254. The predicted molar refractivity (Wildman–Crippen MR) is 53.5 cm³/mol. The molecule has 0 unspecified atom stereocenters. The second kappa shape index (κ2) is 4.08. The van der Waals surface area contributed by atoms with Crippen molar-refractivity contribution in [2.24, 2.45) is 5.92 Å². The van der Waals surface area contributed by atoms with Crippen LogP contribution in [0.2, 0.25) is 0 Å². The number of rotatable bonds is 1. The van der Waals surface area contributed by atoms with E-state index in [1.807, 2.05) is 0 Å². The van der Waals surface area contributed by atoms with Gasteiger partial charge in [0.15, 0.2) is 0 Å². The second-order valence-corrected chi connectivity index (χ2v) is 4.75. The van der Waals surface area contributed by atoms with Crippen LogP contribution in [0.15, 0.2) is 0 Å². The normalized spacial score (nSPS) is 21.5. The van der Waals surface area contributed by atoms with Crippen LogP contribution in [-0.4, -0.2) is 40.8 Å². The summed E-state index contributed by atoms with van der Waals surface area (Å²) in [7, 11) is 0. The van der Waals surface area contributed by atoms with E-state index in [0.29, 0.717) is 13.0 Å². The van der Waals surface area contributed by atoms with Crippen molar-refractivity contribution >= 4 is 12.1 Å². The monoisotopic (exact) mass is 215 g/mol. The van der Waals surface area contributed by atoms with Gasteiger partial charge in [-0.15, -0.1) is 0 Å². The van der Waals surface area contributed by atoms with E-state index in [4.69, 9.17) is 9.84 Å². The van der Waals surface area contributed by atoms with Gasteiger partial charge in [-0.1, -0.05) is 0 Å². The molecular weight excluding hydrogens is 198 g/mol. The summed E-state index contributed by atoms with van der Waals surface area (Å²) in [5, 5.41) is 8.72. The smallest absolute Gasteiger partial charge is 0.407 e. The zero-order valence-corrected chi connectivity index (χ0v) is 9.32. The van der Waals surface area contributed by atoms with Crippen LogP contribution in [0.4, 0.5) is 4.79 Å². The summed E-state index contributed by atoms with van der Waals surface area (Å²) in [6.45, 7) is 6.07. The van der Waals surface area contributed by atoms with Crippen molar-refractivity contribution in [1.82, 2.24) is 4.90 Å². The molecule has 0 aromatic heterocycles. The van der Waals surface area contributed by atoms with Crippen LogP contribution in [0.1, 0.15) is 27.2 Å². The number of ether oxygens (including phenoxy) is 1. The van der Waals surface area contributed by atoms with E-state index in [9.17, 15) is 9.59 Å². The van der Waals surface area contributed by atoms with Gasteiger partial charge in [-0.3, -0.25) is 4.79 Å². The number of carbonyl (C=O) groups is 2. The van der Waals surface area contributed by atoms with Gasteiger partial charge in [-0.05, 0) is 27.2 Å². The first-order chi connectivity index (χ1) is 6.79. The van der Waals surface area contributed by atoms with Crippen molar-refractivity contribution in [3.05, 3.63) is 0 Å². The second-order valence-electron chi connectivity index (χ2n) is 4.75. The Kier molecular flexibility index (Phi) is 3.21. The van der Waals surface area contributed by atoms with Gasteiger partial charge in [0.1, 0.15) is 5.60 Å². The van der Waals surface area contributed by atoms with E-state index in [1.165, 1.54) is 4.90 Å². The van der Waals surface area contributed by atoms with Gasteiger partial charge in [0.2, 0.25) is 0 Å². The maximum atomic E-state index is 11.6. The number of nitrogens with zero attached hydrogens (tertiary/aromatic N) is 1.